The van der Waals surface area contributed by atoms with Gasteiger partial charge in [-0.1, -0.05) is 18.2 Å². The first-order valence-electron chi connectivity index (χ1n) is 5.16. The predicted molar refractivity (Wildman–Crippen MR) is 56.1 cm³/mol. The molecular weight excluding hydrogens is 208 g/mol. The molecule has 1 aliphatic carbocycles. The Labute approximate surface area is 92.8 Å². The first-order chi connectivity index (χ1) is 7.64. The third-order valence-corrected chi connectivity index (χ3v) is 2.85. The highest BCUT2D eigenvalue weighted by Gasteiger charge is 2.48. The molecule has 0 spiro atoms. The molecule has 1 fully saturated rings. The summed E-state index contributed by atoms with van der Waals surface area (Å²) < 4.78 is 5.08. The van der Waals surface area contributed by atoms with Gasteiger partial charge in [0.2, 0.25) is 5.60 Å². The molecule has 16 heavy (non-hydrogen) atoms. The van der Waals surface area contributed by atoms with E-state index in [-0.39, 0.29) is 0 Å². The lowest BCUT2D eigenvalue weighted by molar-refractivity contribution is -0.168. The van der Waals surface area contributed by atoms with Crippen molar-refractivity contribution in [2.75, 3.05) is 0 Å². The maximum atomic E-state index is 11.7. The van der Waals surface area contributed by atoms with Crippen LogP contribution in [-0.2, 0) is 9.53 Å². The van der Waals surface area contributed by atoms with Gasteiger partial charge in [-0.2, -0.15) is 0 Å². The number of rotatable bonds is 3. The standard InChI is InChI=1S/C12H12O4/c13-10(9-5-2-1-3-6-9)16-12(11(14)15)7-4-8-12/h1-3,5-6H,4,7-8H2,(H,14,15). The molecule has 0 amide bonds. The van der Waals surface area contributed by atoms with Crippen molar-refractivity contribution < 1.29 is 19.4 Å². The topological polar surface area (TPSA) is 63.6 Å². The van der Waals surface area contributed by atoms with E-state index >= 15 is 0 Å². The van der Waals surface area contributed by atoms with E-state index in [0.29, 0.717) is 18.4 Å². The zero-order chi connectivity index (χ0) is 11.6. The maximum Gasteiger partial charge on any atom is 0.348 e. The highest BCUT2D eigenvalue weighted by molar-refractivity contribution is 5.92. The Morgan fingerprint density at radius 3 is 2.25 bits per heavy atom. The summed E-state index contributed by atoms with van der Waals surface area (Å²) in [6.45, 7) is 0. The molecular formula is C12H12O4. The van der Waals surface area contributed by atoms with Crippen molar-refractivity contribution in [3.63, 3.8) is 0 Å². The lowest BCUT2D eigenvalue weighted by atomic mass is 9.80. The molecule has 0 bridgehead atoms. The SMILES string of the molecule is O=C(OC1(C(=O)O)CCC1)c1ccccc1. The van der Waals surface area contributed by atoms with Gasteiger partial charge in [0.05, 0.1) is 5.56 Å². The molecule has 1 aromatic rings. The molecule has 2 rings (SSSR count). The van der Waals surface area contributed by atoms with E-state index in [0.717, 1.165) is 6.42 Å². The molecule has 4 nitrogen and oxygen atoms in total. The molecule has 84 valence electrons. The van der Waals surface area contributed by atoms with Crippen molar-refractivity contribution in [1.29, 1.82) is 0 Å². The smallest absolute Gasteiger partial charge is 0.348 e. The quantitative estimate of drug-likeness (QED) is 0.789. The Hall–Kier alpha value is -1.84. The summed E-state index contributed by atoms with van der Waals surface area (Å²) in [6, 6.07) is 8.43. The number of aliphatic carboxylic acids is 1. The molecule has 4 heteroatoms. The van der Waals surface area contributed by atoms with Crippen LogP contribution >= 0.6 is 0 Å². The molecule has 0 aromatic heterocycles. The van der Waals surface area contributed by atoms with Crippen LogP contribution in [0.2, 0.25) is 0 Å². The van der Waals surface area contributed by atoms with Gasteiger partial charge in [-0.15, -0.1) is 0 Å². The van der Waals surface area contributed by atoms with Gasteiger partial charge in [-0.3, -0.25) is 0 Å². The number of ether oxygens (including phenoxy) is 1. The minimum absolute atomic E-state index is 0.384. The lowest BCUT2D eigenvalue weighted by Crippen LogP contribution is -2.49. The van der Waals surface area contributed by atoms with Gasteiger partial charge in [0, 0.05) is 0 Å². The third-order valence-electron chi connectivity index (χ3n) is 2.85. The summed E-state index contributed by atoms with van der Waals surface area (Å²) >= 11 is 0. The Bertz CT molecular complexity index is 406. The minimum atomic E-state index is -1.28. The van der Waals surface area contributed by atoms with E-state index in [1.54, 1.807) is 30.3 Å². The second-order valence-electron chi connectivity index (χ2n) is 3.91. The Kier molecular flexibility index (Phi) is 2.64. The van der Waals surface area contributed by atoms with Gasteiger partial charge in [-0.25, -0.2) is 9.59 Å². The van der Waals surface area contributed by atoms with E-state index in [9.17, 15) is 9.59 Å². The molecule has 0 heterocycles. The number of carboxylic acids is 1. The minimum Gasteiger partial charge on any atom is -0.478 e. The van der Waals surface area contributed by atoms with Crippen LogP contribution in [0.4, 0.5) is 0 Å². The zero-order valence-corrected chi connectivity index (χ0v) is 8.68. The van der Waals surface area contributed by atoms with Crippen LogP contribution in [0.25, 0.3) is 0 Å². The van der Waals surface area contributed by atoms with Crippen molar-refractivity contribution in [3.05, 3.63) is 35.9 Å². The summed E-state index contributed by atoms with van der Waals surface area (Å²) in [7, 11) is 0. The second-order valence-corrected chi connectivity index (χ2v) is 3.91. The van der Waals surface area contributed by atoms with Crippen molar-refractivity contribution in [2.24, 2.45) is 0 Å². The summed E-state index contributed by atoms with van der Waals surface area (Å²) in [5, 5.41) is 9.00. The van der Waals surface area contributed by atoms with Crippen LogP contribution < -0.4 is 0 Å². The van der Waals surface area contributed by atoms with Crippen LogP contribution in [0.3, 0.4) is 0 Å². The summed E-state index contributed by atoms with van der Waals surface area (Å²) in [5.74, 6) is -1.62. The average molecular weight is 220 g/mol. The molecule has 0 aliphatic heterocycles. The lowest BCUT2D eigenvalue weighted by Gasteiger charge is -2.36. The maximum absolute atomic E-state index is 11.7. The fraction of sp³-hybridized carbons (Fsp3) is 0.333. The van der Waals surface area contributed by atoms with Crippen molar-refractivity contribution in [2.45, 2.75) is 24.9 Å². The van der Waals surface area contributed by atoms with Crippen molar-refractivity contribution in [3.8, 4) is 0 Å². The van der Waals surface area contributed by atoms with Crippen molar-refractivity contribution >= 4 is 11.9 Å². The summed E-state index contributed by atoms with van der Waals surface area (Å²) in [4.78, 5) is 22.7. The number of carbonyl (C=O) groups is 2. The molecule has 1 aromatic carbocycles. The van der Waals surface area contributed by atoms with Gasteiger partial charge in [0.15, 0.2) is 0 Å². The van der Waals surface area contributed by atoms with E-state index in [4.69, 9.17) is 9.84 Å². The summed E-state index contributed by atoms with van der Waals surface area (Å²) in [6.07, 6.45) is 1.59. The number of benzene rings is 1. The number of hydrogen-bond donors (Lipinski definition) is 1. The highest BCUT2D eigenvalue weighted by Crippen LogP contribution is 2.36. The van der Waals surface area contributed by atoms with Gasteiger partial charge >= 0.3 is 11.9 Å². The molecule has 1 aliphatic rings. The van der Waals surface area contributed by atoms with Crippen LogP contribution in [0.5, 0.6) is 0 Å². The van der Waals surface area contributed by atoms with Gasteiger partial charge in [0.1, 0.15) is 0 Å². The monoisotopic (exact) mass is 220 g/mol. The van der Waals surface area contributed by atoms with Crippen LogP contribution in [0.15, 0.2) is 30.3 Å². The van der Waals surface area contributed by atoms with Crippen LogP contribution in [0, 0.1) is 0 Å². The molecule has 0 unspecified atom stereocenters. The number of esters is 1. The Balaban J connectivity index is 2.10. The molecule has 0 saturated heterocycles. The van der Waals surface area contributed by atoms with E-state index in [1.165, 1.54) is 0 Å². The Morgan fingerprint density at radius 2 is 1.81 bits per heavy atom. The van der Waals surface area contributed by atoms with E-state index in [1.807, 2.05) is 0 Å². The first kappa shape index (κ1) is 10.7. The molecule has 0 radical (unpaired) electrons. The largest absolute Gasteiger partial charge is 0.478 e. The third kappa shape index (κ3) is 1.78. The predicted octanol–water partition coefficient (Wildman–Crippen LogP) is 1.85. The van der Waals surface area contributed by atoms with Crippen molar-refractivity contribution in [1.82, 2.24) is 0 Å². The molecule has 1 N–H and O–H groups in total. The fourth-order valence-electron chi connectivity index (χ4n) is 1.67. The highest BCUT2D eigenvalue weighted by atomic mass is 16.6. The molecule has 1 saturated carbocycles. The molecule has 0 atom stereocenters. The van der Waals surface area contributed by atoms with Crippen LogP contribution in [0.1, 0.15) is 29.6 Å². The van der Waals surface area contributed by atoms with Gasteiger partial charge < -0.3 is 9.84 Å². The zero-order valence-electron chi connectivity index (χ0n) is 8.68. The summed E-state index contributed by atoms with van der Waals surface area (Å²) in [5.41, 5.74) is -0.901. The normalized spacial score (nSPS) is 17.2. The number of carbonyl (C=O) groups excluding carboxylic acids is 1. The fourth-order valence-corrected chi connectivity index (χ4v) is 1.67. The van der Waals surface area contributed by atoms with Crippen LogP contribution in [-0.4, -0.2) is 22.6 Å². The second kappa shape index (κ2) is 3.96. The number of carboxylic acid groups (broad SMARTS) is 1. The van der Waals surface area contributed by atoms with Gasteiger partial charge in [-0.05, 0) is 31.4 Å². The van der Waals surface area contributed by atoms with Gasteiger partial charge in [0.25, 0.3) is 0 Å². The Morgan fingerprint density at radius 1 is 1.19 bits per heavy atom. The average Bonchev–Trinajstić information content (AvgIpc) is 2.24. The van der Waals surface area contributed by atoms with E-state index in [2.05, 4.69) is 0 Å². The first-order valence-corrected chi connectivity index (χ1v) is 5.16. The van der Waals surface area contributed by atoms with E-state index < -0.39 is 17.5 Å². The number of hydrogen-bond acceptors (Lipinski definition) is 3.